The van der Waals surface area contributed by atoms with Crippen molar-refractivity contribution in [2.24, 2.45) is 13.0 Å². The summed E-state index contributed by atoms with van der Waals surface area (Å²) in [5, 5.41) is 2.88. The van der Waals surface area contributed by atoms with Gasteiger partial charge in [0.05, 0.1) is 18.0 Å². The summed E-state index contributed by atoms with van der Waals surface area (Å²) >= 11 is 0. The van der Waals surface area contributed by atoms with Crippen molar-refractivity contribution in [1.82, 2.24) is 24.8 Å². The summed E-state index contributed by atoms with van der Waals surface area (Å²) in [4.78, 5) is 47.4. The summed E-state index contributed by atoms with van der Waals surface area (Å²) < 4.78 is 6.47. The number of oxazole rings is 1. The van der Waals surface area contributed by atoms with Crippen LogP contribution in [0, 0.1) is 19.8 Å². The van der Waals surface area contributed by atoms with Crippen LogP contribution in [0.25, 0.3) is 11.1 Å². The Morgan fingerprint density at radius 3 is 2.67 bits per heavy atom. The molecule has 156 valence electrons. The first-order valence-electron chi connectivity index (χ1n) is 9.79. The van der Waals surface area contributed by atoms with Gasteiger partial charge >= 0.3 is 5.76 Å². The van der Waals surface area contributed by atoms with Crippen molar-refractivity contribution in [3.05, 3.63) is 57.6 Å². The Bertz CT molecular complexity index is 1180. The second-order valence-electron chi connectivity index (χ2n) is 7.63. The molecule has 3 heterocycles. The number of fused-ring (bicyclic) bond motifs is 1. The Morgan fingerprint density at radius 2 is 1.93 bits per heavy atom. The molecule has 1 aromatic carbocycles. The van der Waals surface area contributed by atoms with Crippen LogP contribution in [-0.2, 0) is 18.4 Å². The van der Waals surface area contributed by atoms with Crippen LogP contribution in [0.5, 0.6) is 0 Å². The van der Waals surface area contributed by atoms with Gasteiger partial charge in [0.1, 0.15) is 5.82 Å². The normalized spacial score (nSPS) is 16.2. The molecule has 9 heteroatoms. The van der Waals surface area contributed by atoms with E-state index in [1.54, 1.807) is 30.1 Å². The number of nitrogens with one attached hydrogen (secondary N) is 1. The first kappa shape index (κ1) is 19.8. The Hall–Kier alpha value is -3.49. The lowest BCUT2D eigenvalue weighted by Gasteiger charge is -2.16. The van der Waals surface area contributed by atoms with Gasteiger partial charge in [0.2, 0.25) is 5.91 Å². The molecule has 0 bridgehead atoms. The molecule has 1 N–H and O–H groups in total. The second-order valence-corrected chi connectivity index (χ2v) is 7.63. The molecule has 0 aliphatic carbocycles. The maximum Gasteiger partial charge on any atom is 0.419 e. The van der Waals surface area contributed by atoms with Crippen LogP contribution in [0.2, 0.25) is 0 Å². The average Bonchev–Trinajstić information content (AvgIpc) is 3.30. The topological polar surface area (TPSA) is 110 Å². The Morgan fingerprint density at radius 1 is 1.20 bits per heavy atom. The molecule has 1 unspecified atom stereocenters. The standard InChI is InChI=1S/C21H23N5O4/c1-12-8-13(2)24-18(23-12)10-22-19(27)15-6-7-26(11-15)20(28)14-4-5-17-16(9-14)25(3)21(29)30-17/h4-5,8-9,15H,6-7,10-11H2,1-3H3,(H,22,27). The van der Waals surface area contributed by atoms with Crippen molar-refractivity contribution in [1.29, 1.82) is 0 Å². The van der Waals surface area contributed by atoms with E-state index in [9.17, 15) is 14.4 Å². The van der Waals surface area contributed by atoms with Crippen LogP contribution in [0.4, 0.5) is 0 Å². The number of carbonyl (C=O) groups excluding carboxylic acids is 2. The zero-order chi connectivity index (χ0) is 21.4. The van der Waals surface area contributed by atoms with Gasteiger partial charge in [-0.05, 0) is 44.5 Å². The van der Waals surface area contributed by atoms with Gasteiger partial charge in [0.15, 0.2) is 5.58 Å². The maximum absolute atomic E-state index is 12.9. The van der Waals surface area contributed by atoms with Crippen LogP contribution in [-0.4, -0.2) is 44.3 Å². The highest BCUT2D eigenvalue weighted by atomic mass is 16.4. The molecular formula is C21H23N5O4. The number of amides is 2. The molecule has 1 aliphatic heterocycles. The molecule has 4 rings (SSSR count). The van der Waals surface area contributed by atoms with Crippen LogP contribution >= 0.6 is 0 Å². The molecule has 9 nitrogen and oxygen atoms in total. The largest absolute Gasteiger partial charge is 0.419 e. The Balaban J connectivity index is 1.39. The highest BCUT2D eigenvalue weighted by molar-refractivity contribution is 5.97. The number of carbonyl (C=O) groups is 2. The van der Waals surface area contributed by atoms with Crippen molar-refractivity contribution in [3.63, 3.8) is 0 Å². The predicted molar refractivity (Wildman–Crippen MR) is 109 cm³/mol. The first-order valence-corrected chi connectivity index (χ1v) is 9.79. The van der Waals surface area contributed by atoms with Gasteiger partial charge in [0, 0.05) is 37.1 Å². The van der Waals surface area contributed by atoms with Gasteiger partial charge in [-0.1, -0.05) is 0 Å². The highest BCUT2D eigenvalue weighted by Crippen LogP contribution is 2.21. The first-order chi connectivity index (χ1) is 14.3. The molecule has 30 heavy (non-hydrogen) atoms. The molecule has 2 aromatic heterocycles. The van der Waals surface area contributed by atoms with Gasteiger partial charge in [-0.15, -0.1) is 0 Å². The molecule has 2 amide bonds. The molecular weight excluding hydrogens is 386 g/mol. The molecule has 1 fully saturated rings. The number of aryl methyl sites for hydroxylation is 3. The minimum atomic E-state index is -0.472. The maximum atomic E-state index is 12.9. The SMILES string of the molecule is Cc1cc(C)nc(CNC(=O)C2CCN(C(=O)c3ccc4oc(=O)n(C)c4c3)C2)n1. The van der Waals surface area contributed by atoms with E-state index in [0.29, 0.717) is 42.0 Å². The van der Waals surface area contributed by atoms with E-state index in [0.717, 1.165) is 11.4 Å². The molecule has 0 radical (unpaired) electrons. The molecule has 1 atom stereocenters. The molecule has 0 spiro atoms. The summed E-state index contributed by atoms with van der Waals surface area (Å²) in [7, 11) is 1.60. The fourth-order valence-corrected chi connectivity index (χ4v) is 3.79. The number of nitrogens with zero attached hydrogens (tertiary/aromatic N) is 4. The van der Waals surface area contributed by atoms with Crippen molar-refractivity contribution < 1.29 is 14.0 Å². The zero-order valence-electron chi connectivity index (χ0n) is 17.1. The number of hydrogen-bond acceptors (Lipinski definition) is 6. The van der Waals surface area contributed by atoms with Crippen molar-refractivity contribution in [3.8, 4) is 0 Å². The third-order valence-electron chi connectivity index (χ3n) is 5.33. The Kier molecular flexibility index (Phi) is 5.11. The van der Waals surface area contributed by atoms with Crippen LogP contribution in [0.15, 0.2) is 33.5 Å². The van der Waals surface area contributed by atoms with Crippen LogP contribution < -0.4 is 11.1 Å². The number of hydrogen-bond donors (Lipinski definition) is 1. The minimum absolute atomic E-state index is 0.110. The van der Waals surface area contributed by atoms with Crippen LogP contribution in [0.1, 0.15) is 34.0 Å². The zero-order valence-corrected chi connectivity index (χ0v) is 17.1. The lowest BCUT2D eigenvalue weighted by Crippen LogP contribution is -2.34. The monoisotopic (exact) mass is 409 g/mol. The molecule has 3 aromatic rings. The fraction of sp³-hybridized carbons (Fsp3) is 0.381. The Labute approximate surface area is 172 Å². The number of aromatic nitrogens is 3. The second kappa shape index (κ2) is 7.74. The van der Waals surface area contributed by atoms with Gasteiger partial charge in [-0.25, -0.2) is 14.8 Å². The lowest BCUT2D eigenvalue weighted by molar-refractivity contribution is -0.124. The van der Waals surface area contributed by atoms with E-state index in [2.05, 4.69) is 15.3 Å². The quantitative estimate of drug-likeness (QED) is 0.696. The van der Waals surface area contributed by atoms with Crippen molar-refractivity contribution >= 4 is 22.9 Å². The minimum Gasteiger partial charge on any atom is -0.408 e. The predicted octanol–water partition coefficient (Wildman–Crippen LogP) is 1.32. The van der Waals surface area contributed by atoms with E-state index >= 15 is 0 Å². The summed E-state index contributed by atoms with van der Waals surface area (Å²) in [6.45, 7) is 4.88. The fourth-order valence-electron chi connectivity index (χ4n) is 3.79. The van der Waals surface area contributed by atoms with Gasteiger partial charge in [0.25, 0.3) is 5.91 Å². The van der Waals surface area contributed by atoms with Crippen molar-refractivity contribution in [2.75, 3.05) is 13.1 Å². The number of benzene rings is 1. The van der Waals surface area contributed by atoms with E-state index < -0.39 is 5.76 Å². The molecule has 1 saturated heterocycles. The third kappa shape index (κ3) is 3.83. The van der Waals surface area contributed by atoms with Crippen molar-refractivity contribution in [2.45, 2.75) is 26.8 Å². The van der Waals surface area contributed by atoms with Crippen LogP contribution in [0.3, 0.4) is 0 Å². The summed E-state index contributed by atoms with van der Waals surface area (Å²) in [6, 6.07) is 6.78. The third-order valence-corrected chi connectivity index (χ3v) is 5.33. The number of rotatable bonds is 4. The van der Waals surface area contributed by atoms with E-state index in [1.807, 2.05) is 19.9 Å². The van der Waals surface area contributed by atoms with E-state index in [4.69, 9.17) is 4.42 Å². The summed E-state index contributed by atoms with van der Waals surface area (Å²) in [5.41, 5.74) is 3.18. The smallest absolute Gasteiger partial charge is 0.408 e. The molecule has 1 aliphatic rings. The van der Waals surface area contributed by atoms with Gasteiger partial charge in [-0.2, -0.15) is 0 Å². The highest BCUT2D eigenvalue weighted by Gasteiger charge is 2.31. The molecule has 0 saturated carbocycles. The van der Waals surface area contributed by atoms with Gasteiger partial charge in [-0.3, -0.25) is 14.2 Å². The summed E-state index contributed by atoms with van der Waals surface area (Å²) in [6.07, 6.45) is 0.595. The number of likely N-dealkylation sites (tertiary alicyclic amines) is 1. The van der Waals surface area contributed by atoms with Gasteiger partial charge < -0.3 is 14.6 Å². The summed E-state index contributed by atoms with van der Waals surface area (Å²) in [5.74, 6) is -0.452. The van der Waals surface area contributed by atoms with E-state index in [1.165, 1.54) is 4.57 Å². The van der Waals surface area contributed by atoms with E-state index in [-0.39, 0.29) is 24.3 Å². The lowest BCUT2D eigenvalue weighted by atomic mass is 10.1. The average molecular weight is 409 g/mol.